The summed E-state index contributed by atoms with van der Waals surface area (Å²) >= 11 is 7.13. The van der Waals surface area contributed by atoms with Crippen LogP contribution in [-0.2, 0) is 12.8 Å². The van der Waals surface area contributed by atoms with E-state index in [1.807, 2.05) is 29.5 Å². The molecule has 89 heavy (non-hydrogen) atoms. The second-order valence-corrected chi connectivity index (χ2v) is 27.1. The van der Waals surface area contributed by atoms with Crippen LogP contribution in [0.25, 0.3) is 96.0 Å². The smallest absolute Gasteiger partial charge is 0.536 e. The molecule has 0 unspecified atom stereocenters. The van der Waals surface area contributed by atoms with Gasteiger partial charge < -0.3 is 9.68 Å². The first-order chi connectivity index (χ1) is 43.5. The van der Waals surface area contributed by atoms with E-state index >= 15 is 0 Å². The normalized spacial score (nSPS) is 11.5. The van der Waals surface area contributed by atoms with Gasteiger partial charge in [-0.1, -0.05) is 302 Å². The lowest BCUT2D eigenvalue weighted by Crippen LogP contribution is -2.22. The molecule has 15 aromatic rings. The van der Waals surface area contributed by atoms with Crippen molar-refractivity contribution in [3.8, 4) is 61.4 Å². The number of hydrogen-bond donors (Lipinski definition) is 1. The number of rotatable bonds is 8. The number of aryl methyl sites for hydroxylation is 1. The molecule has 0 spiro atoms. The van der Waals surface area contributed by atoms with Crippen molar-refractivity contribution in [3.05, 3.63) is 336 Å². The van der Waals surface area contributed by atoms with Gasteiger partial charge in [-0.3, -0.25) is 0 Å². The maximum Gasteiger partial charge on any atom is 0.569 e. The van der Waals surface area contributed by atoms with Crippen molar-refractivity contribution >= 4 is 110 Å². The van der Waals surface area contributed by atoms with Crippen LogP contribution >= 0.6 is 46.5 Å². The van der Waals surface area contributed by atoms with Gasteiger partial charge in [-0.05, 0) is 151 Å². The second-order valence-electron chi connectivity index (χ2n) is 22.0. The molecule has 0 atom stereocenters. The van der Waals surface area contributed by atoms with E-state index in [9.17, 15) is 0 Å². The fraction of sp³-hybridized carbons (Fsp3) is 0.0488. The Morgan fingerprint density at radius 2 is 0.753 bits per heavy atom. The van der Waals surface area contributed by atoms with Crippen LogP contribution in [0.1, 0.15) is 35.2 Å². The third kappa shape index (κ3) is 12.1. The van der Waals surface area contributed by atoms with E-state index in [-0.39, 0.29) is 7.43 Å². The minimum absolute atomic E-state index is 0. The van der Waals surface area contributed by atoms with Crippen molar-refractivity contribution in [2.45, 2.75) is 27.2 Å². The molecule has 2 heterocycles. The molecule has 0 amide bonds. The minimum atomic E-state index is -0.467. The predicted molar refractivity (Wildman–Crippen MR) is 391 cm³/mol. The summed E-state index contributed by atoms with van der Waals surface area (Å²) in [7, 11) is 0.267. The SMILES string of the molecule is Brc1ccc2c(c1)-c1ccccc1C2.C.Cc1ccccc1P(c1ccccc1)c1ccccc1.O[B]Oc1cccc2c1sc1c(-c3ccccc3)cccc12.c1ccc(-c2cccc3c2sc2c(-c4ccc5c(c4)-c4ccccc4C5)cccc23)cc1. The summed E-state index contributed by atoms with van der Waals surface area (Å²) in [5, 5.41) is 18.3. The topological polar surface area (TPSA) is 29.5 Å². The second kappa shape index (κ2) is 26.8. The van der Waals surface area contributed by atoms with Gasteiger partial charge in [-0.2, -0.15) is 0 Å². The average Bonchev–Trinajstić information content (AvgIpc) is 1.75. The van der Waals surface area contributed by atoms with Crippen molar-refractivity contribution in [1.29, 1.82) is 0 Å². The summed E-state index contributed by atoms with van der Waals surface area (Å²) in [5.74, 6) is 0.681. The van der Waals surface area contributed by atoms with Crippen LogP contribution in [0.15, 0.2) is 308 Å². The van der Waals surface area contributed by atoms with Crippen LogP contribution in [0.5, 0.6) is 5.75 Å². The van der Waals surface area contributed by atoms with Gasteiger partial charge in [0.15, 0.2) is 0 Å². The van der Waals surface area contributed by atoms with Crippen LogP contribution in [0.4, 0.5) is 0 Å². The molecule has 0 saturated heterocycles. The zero-order valence-electron chi connectivity index (χ0n) is 48.4. The number of thiophene rings is 2. The van der Waals surface area contributed by atoms with E-state index in [4.69, 9.17) is 9.68 Å². The predicted octanol–water partition coefficient (Wildman–Crippen LogP) is 22.0. The maximum absolute atomic E-state index is 8.94. The Balaban J connectivity index is 0.000000113. The number of benzene rings is 13. The summed E-state index contributed by atoms with van der Waals surface area (Å²) in [6.45, 7) is 2.20. The van der Waals surface area contributed by atoms with Crippen LogP contribution in [0.2, 0.25) is 0 Å². The molecule has 2 aromatic heterocycles. The van der Waals surface area contributed by atoms with Gasteiger partial charge in [0.2, 0.25) is 0 Å². The van der Waals surface area contributed by atoms with E-state index < -0.39 is 7.92 Å². The molecule has 1 N–H and O–H groups in total. The highest BCUT2D eigenvalue weighted by molar-refractivity contribution is 9.10. The van der Waals surface area contributed by atoms with Crippen LogP contribution in [0, 0.1) is 6.92 Å². The van der Waals surface area contributed by atoms with Gasteiger partial charge in [0.1, 0.15) is 5.75 Å². The number of hydrogen-bond acceptors (Lipinski definition) is 4. The first kappa shape index (κ1) is 59.0. The fourth-order valence-corrected chi connectivity index (χ4v) is 17.9. The Hall–Kier alpha value is -8.97. The van der Waals surface area contributed by atoms with E-state index in [1.54, 1.807) is 11.3 Å². The molecule has 2 aliphatic carbocycles. The molecule has 7 heteroatoms. The highest BCUT2D eigenvalue weighted by Gasteiger charge is 2.22. The quantitative estimate of drug-likeness (QED) is 0.121. The molecular formula is C82H62BBrO2PS2. The number of fused-ring (bicyclic) bond motifs is 12. The van der Waals surface area contributed by atoms with Crippen molar-refractivity contribution < 1.29 is 9.68 Å². The third-order valence-corrected chi connectivity index (χ3v) is 22.3. The van der Waals surface area contributed by atoms with Gasteiger partial charge >= 0.3 is 7.69 Å². The average molecular weight is 1270 g/mol. The number of halogens is 1. The summed E-state index contributed by atoms with van der Waals surface area (Å²) in [6, 6.07) is 108. The van der Waals surface area contributed by atoms with E-state index in [1.165, 1.54) is 130 Å². The monoisotopic (exact) mass is 1260 g/mol. The molecule has 0 fully saturated rings. The van der Waals surface area contributed by atoms with Crippen molar-refractivity contribution in [2.24, 2.45) is 0 Å². The zero-order chi connectivity index (χ0) is 59.3. The molecule has 2 aliphatic rings. The summed E-state index contributed by atoms with van der Waals surface area (Å²) in [5.41, 5.74) is 20.3. The molecule has 429 valence electrons. The molecule has 17 rings (SSSR count). The van der Waals surface area contributed by atoms with Gasteiger partial charge in [0, 0.05) is 40.1 Å². The largest absolute Gasteiger partial charge is 0.569 e. The summed E-state index contributed by atoms with van der Waals surface area (Å²) < 4.78 is 11.4. The third-order valence-electron chi connectivity index (χ3n) is 16.6. The Morgan fingerprint density at radius 1 is 0.360 bits per heavy atom. The Kier molecular flexibility index (Phi) is 17.8. The standard InChI is InChI=1S/C31H20S.C19H17P.C18H12BO2S.C13H9Br.CH4/c1-2-8-20(9-3-1)25-12-6-14-27-28-15-7-13-26(31(28)32-30(25)27)23-17-16-22-18-21-10-4-5-11-24(21)29(22)19-23;1-16-10-8-9-15-19(16)20(17-11-4-2-5-12-17)18-13-6-3-7-14-18;20-19-21-16-11-5-10-15-14-9-4-8-13(17(14)22-18(15)16)12-6-2-1-3-7-12;14-11-6-5-10-7-9-3-1-2-4-12(9)13(10)8-11;/h1-17,19H,18H2;2-15H,1H3;1-11,20H;1-6,8H,7H2;1H4. The van der Waals surface area contributed by atoms with Gasteiger partial charge in [-0.15, -0.1) is 22.7 Å². The van der Waals surface area contributed by atoms with Gasteiger partial charge in [0.05, 0.1) is 4.70 Å². The van der Waals surface area contributed by atoms with E-state index in [0.29, 0.717) is 5.75 Å². The Bertz CT molecular complexity index is 4930. The molecule has 2 nitrogen and oxygen atoms in total. The summed E-state index contributed by atoms with van der Waals surface area (Å²) in [4.78, 5) is 0. The Labute approximate surface area is 540 Å². The molecule has 0 aliphatic heterocycles. The zero-order valence-corrected chi connectivity index (χ0v) is 52.5. The van der Waals surface area contributed by atoms with Crippen LogP contribution in [-0.4, -0.2) is 12.7 Å². The van der Waals surface area contributed by atoms with Crippen molar-refractivity contribution in [1.82, 2.24) is 0 Å². The molecule has 0 bridgehead atoms. The Morgan fingerprint density at radius 3 is 1.27 bits per heavy atom. The van der Waals surface area contributed by atoms with Gasteiger partial charge in [0.25, 0.3) is 0 Å². The highest BCUT2D eigenvalue weighted by atomic mass is 79.9. The van der Waals surface area contributed by atoms with E-state index in [2.05, 4.69) is 308 Å². The van der Waals surface area contributed by atoms with E-state index in [0.717, 1.165) is 35.1 Å². The minimum Gasteiger partial charge on any atom is -0.536 e. The molecular weight excluding hydrogens is 1200 g/mol. The fourth-order valence-electron chi connectivity index (χ4n) is 12.5. The molecule has 13 aromatic carbocycles. The lowest BCUT2D eigenvalue weighted by atomic mass is 9.97. The highest BCUT2D eigenvalue weighted by Crippen LogP contribution is 2.47. The summed E-state index contributed by atoms with van der Waals surface area (Å²) in [6.07, 6.45) is 2.12. The molecule has 0 saturated carbocycles. The van der Waals surface area contributed by atoms with Gasteiger partial charge in [-0.25, -0.2) is 0 Å². The van der Waals surface area contributed by atoms with Crippen molar-refractivity contribution in [2.75, 3.05) is 0 Å². The van der Waals surface area contributed by atoms with Crippen LogP contribution in [0.3, 0.4) is 0 Å². The van der Waals surface area contributed by atoms with Crippen LogP contribution < -0.4 is 20.6 Å². The van der Waals surface area contributed by atoms with Crippen molar-refractivity contribution in [3.63, 3.8) is 0 Å². The lowest BCUT2D eigenvalue weighted by molar-refractivity contribution is 0.457. The molecule has 1 radical (unpaired) electrons. The first-order valence-corrected chi connectivity index (χ1v) is 33.4. The lowest BCUT2D eigenvalue weighted by Gasteiger charge is -2.21. The first-order valence-electron chi connectivity index (χ1n) is 29.6. The maximum atomic E-state index is 8.94.